The summed E-state index contributed by atoms with van der Waals surface area (Å²) in [6.07, 6.45) is 4.32. The minimum Gasteiger partial charge on any atom is -0.377 e. The van der Waals surface area contributed by atoms with Gasteiger partial charge in [-0.05, 0) is 47.8 Å². The van der Waals surface area contributed by atoms with Crippen molar-refractivity contribution in [3.8, 4) is 5.40 Å². The van der Waals surface area contributed by atoms with Crippen LogP contribution in [0.1, 0.15) is 40.0 Å². The van der Waals surface area contributed by atoms with E-state index in [1.165, 1.54) is 31.0 Å². The zero-order chi connectivity index (χ0) is 11.8. The third-order valence-electron chi connectivity index (χ3n) is 5.28. The smallest absolute Gasteiger partial charge is 0.133 e. The lowest BCUT2D eigenvalue weighted by molar-refractivity contribution is -0.0402. The lowest BCUT2D eigenvalue weighted by atomic mass is 9.70. The van der Waals surface area contributed by atoms with Crippen LogP contribution in [0.5, 0.6) is 0 Å². The standard InChI is InChI=1S/C13H21NOS/c1-12(2)10-4-5-13(12,3)11(8-10)15-6-7-16-9-14/h10-11H,4-8H2,1-3H3/t10-,11-,13+/m1/s1. The quantitative estimate of drug-likeness (QED) is 0.556. The van der Waals surface area contributed by atoms with E-state index in [4.69, 9.17) is 10.00 Å². The fraction of sp³-hybridized carbons (Fsp3) is 0.923. The summed E-state index contributed by atoms with van der Waals surface area (Å²) in [7, 11) is 0. The number of fused-ring (bicyclic) bond motifs is 2. The van der Waals surface area contributed by atoms with Gasteiger partial charge in [-0.3, -0.25) is 0 Å². The molecule has 2 fully saturated rings. The molecule has 0 radical (unpaired) electrons. The molecule has 16 heavy (non-hydrogen) atoms. The van der Waals surface area contributed by atoms with Crippen LogP contribution in [0.2, 0.25) is 0 Å². The van der Waals surface area contributed by atoms with Gasteiger partial charge in [0, 0.05) is 5.75 Å². The van der Waals surface area contributed by atoms with Gasteiger partial charge in [0.15, 0.2) is 0 Å². The first-order valence-corrected chi connectivity index (χ1v) is 7.13. The monoisotopic (exact) mass is 239 g/mol. The zero-order valence-corrected chi connectivity index (χ0v) is 11.3. The summed E-state index contributed by atoms with van der Waals surface area (Å²) in [5.41, 5.74) is 0.787. The van der Waals surface area contributed by atoms with Crippen LogP contribution in [0, 0.1) is 27.4 Å². The fourth-order valence-electron chi connectivity index (χ4n) is 3.66. The molecule has 90 valence electrons. The fourth-order valence-corrected chi connectivity index (χ4v) is 3.93. The maximum Gasteiger partial charge on any atom is 0.133 e. The van der Waals surface area contributed by atoms with Crippen LogP contribution < -0.4 is 0 Å². The molecule has 2 bridgehead atoms. The highest BCUT2D eigenvalue weighted by Crippen LogP contribution is 2.66. The average molecular weight is 239 g/mol. The van der Waals surface area contributed by atoms with Crippen LogP contribution in [-0.2, 0) is 4.74 Å². The second-order valence-electron chi connectivity index (χ2n) is 5.91. The largest absolute Gasteiger partial charge is 0.377 e. The van der Waals surface area contributed by atoms with E-state index in [0.717, 1.165) is 18.3 Å². The van der Waals surface area contributed by atoms with Crippen molar-refractivity contribution < 1.29 is 4.74 Å². The molecule has 2 aliphatic rings. The summed E-state index contributed by atoms with van der Waals surface area (Å²) in [6, 6.07) is 0. The molecule has 0 amide bonds. The average Bonchev–Trinajstić information content (AvgIpc) is 2.57. The molecule has 3 atom stereocenters. The van der Waals surface area contributed by atoms with Crippen LogP contribution >= 0.6 is 11.8 Å². The Bertz CT molecular complexity index is 310. The second kappa shape index (κ2) is 4.23. The van der Waals surface area contributed by atoms with Crippen molar-refractivity contribution in [1.82, 2.24) is 0 Å². The van der Waals surface area contributed by atoms with Crippen molar-refractivity contribution in [2.45, 2.75) is 46.1 Å². The van der Waals surface area contributed by atoms with Crippen molar-refractivity contribution in [2.24, 2.45) is 16.7 Å². The van der Waals surface area contributed by atoms with Crippen molar-refractivity contribution in [3.05, 3.63) is 0 Å². The van der Waals surface area contributed by atoms with Crippen molar-refractivity contribution >= 4 is 11.8 Å². The second-order valence-corrected chi connectivity index (χ2v) is 6.79. The first kappa shape index (κ1) is 12.3. The summed E-state index contributed by atoms with van der Waals surface area (Å²) < 4.78 is 6.01. The lowest BCUT2D eigenvalue weighted by Gasteiger charge is -2.38. The Kier molecular flexibility index (Phi) is 3.25. The SMILES string of the molecule is CC1(C)[C@@H]2CC[C@@]1(C)[C@H](OCCSC#N)C2. The highest BCUT2D eigenvalue weighted by Gasteiger charge is 2.61. The number of hydrogen-bond acceptors (Lipinski definition) is 3. The Morgan fingerprint density at radius 1 is 1.44 bits per heavy atom. The summed E-state index contributed by atoms with van der Waals surface area (Å²) >= 11 is 1.29. The van der Waals surface area contributed by atoms with Gasteiger partial charge in [0.2, 0.25) is 0 Å². The molecule has 0 unspecified atom stereocenters. The zero-order valence-electron chi connectivity index (χ0n) is 10.5. The summed E-state index contributed by atoms with van der Waals surface area (Å²) in [5.74, 6) is 1.64. The molecule has 2 nitrogen and oxygen atoms in total. The predicted octanol–water partition coefficient (Wildman–Crippen LogP) is 3.43. The Morgan fingerprint density at radius 2 is 2.19 bits per heavy atom. The molecule has 0 aromatic carbocycles. The molecule has 0 aromatic heterocycles. The molecular weight excluding hydrogens is 218 g/mol. The minimum atomic E-state index is 0.356. The predicted molar refractivity (Wildman–Crippen MR) is 67.0 cm³/mol. The van der Waals surface area contributed by atoms with Crippen LogP contribution in [0.4, 0.5) is 0 Å². The third-order valence-corrected chi connectivity index (χ3v) is 5.78. The van der Waals surface area contributed by atoms with Crippen molar-refractivity contribution in [1.29, 1.82) is 5.26 Å². The number of nitrogens with zero attached hydrogens (tertiary/aromatic N) is 1. The lowest BCUT2D eigenvalue weighted by Crippen LogP contribution is -2.37. The molecule has 3 heteroatoms. The van der Waals surface area contributed by atoms with E-state index in [1.54, 1.807) is 0 Å². The topological polar surface area (TPSA) is 33.0 Å². The summed E-state index contributed by atoms with van der Waals surface area (Å²) in [5, 5.41) is 10.5. The molecule has 0 aromatic rings. The van der Waals surface area contributed by atoms with Gasteiger partial charge in [-0.25, -0.2) is 0 Å². The summed E-state index contributed by atoms with van der Waals surface area (Å²) in [6.45, 7) is 7.92. The van der Waals surface area contributed by atoms with Crippen molar-refractivity contribution in [2.75, 3.05) is 12.4 Å². The number of nitriles is 1. The molecular formula is C13H21NOS. The summed E-state index contributed by atoms with van der Waals surface area (Å²) in [4.78, 5) is 0. The van der Waals surface area contributed by atoms with Gasteiger partial charge < -0.3 is 4.74 Å². The third kappa shape index (κ3) is 1.67. The van der Waals surface area contributed by atoms with E-state index in [0.29, 0.717) is 16.9 Å². The van der Waals surface area contributed by atoms with E-state index in [2.05, 4.69) is 26.2 Å². The van der Waals surface area contributed by atoms with Gasteiger partial charge in [0.25, 0.3) is 0 Å². The molecule has 0 heterocycles. The molecule has 0 spiro atoms. The highest BCUT2D eigenvalue weighted by molar-refractivity contribution is 8.03. The van der Waals surface area contributed by atoms with E-state index in [9.17, 15) is 0 Å². The first-order valence-electron chi connectivity index (χ1n) is 6.15. The van der Waals surface area contributed by atoms with Gasteiger partial charge in [0.05, 0.1) is 12.7 Å². The van der Waals surface area contributed by atoms with Crippen molar-refractivity contribution in [3.63, 3.8) is 0 Å². The molecule has 0 saturated heterocycles. The highest BCUT2D eigenvalue weighted by atomic mass is 32.2. The number of thiocyanates is 1. The van der Waals surface area contributed by atoms with Crippen LogP contribution in [0.15, 0.2) is 0 Å². The van der Waals surface area contributed by atoms with Gasteiger partial charge in [-0.2, -0.15) is 5.26 Å². The number of ether oxygens (including phenoxy) is 1. The van der Waals surface area contributed by atoms with E-state index < -0.39 is 0 Å². The maximum atomic E-state index is 8.45. The molecule has 2 aliphatic carbocycles. The Balaban J connectivity index is 1.92. The maximum absolute atomic E-state index is 8.45. The van der Waals surface area contributed by atoms with E-state index in [-0.39, 0.29) is 0 Å². The van der Waals surface area contributed by atoms with Gasteiger partial charge in [-0.1, -0.05) is 20.8 Å². The Morgan fingerprint density at radius 3 is 2.69 bits per heavy atom. The Labute approximate surface area is 103 Å². The van der Waals surface area contributed by atoms with Gasteiger partial charge in [0.1, 0.15) is 5.40 Å². The van der Waals surface area contributed by atoms with Gasteiger partial charge in [-0.15, -0.1) is 0 Å². The van der Waals surface area contributed by atoms with E-state index in [1.807, 2.05) is 0 Å². The van der Waals surface area contributed by atoms with Gasteiger partial charge >= 0.3 is 0 Å². The number of rotatable bonds is 4. The number of thioether (sulfide) groups is 1. The minimum absolute atomic E-state index is 0.356. The molecule has 0 N–H and O–H groups in total. The Hall–Kier alpha value is -0.200. The molecule has 0 aliphatic heterocycles. The van der Waals surface area contributed by atoms with E-state index >= 15 is 0 Å². The van der Waals surface area contributed by atoms with Crippen LogP contribution in [-0.4, -0.2) is 18.5 Å². The van der Waals surface area contributed by atoms with Crippen LogP contribution in [0.25, 0.3) is 0 Å². The normalized spacial score (nSPS) is 39.9. The van der Waals surface area contributed by atoms with Crippen LogP contribution in [0.3, 0.4) is 0 Å². The first-order chi connectivity index (χ1) is 7.52. The molecule has 2 rings (SSSR count). The molecule has 2 saturated carbocycles. The number of hydrogen-bond donors (Lipinski definition) is 0.